The van der Waals surface area contributed by atoms with Crippen LogP contribution >= 0.6 is 0 Å². The lowest BCUT2D eigenvalue weighted by atomic mass is 9.83. The van der Waals surface area contributed by atoms with Crippen molar-refractivity contribution in [2.24, 2.45) is 0 Å². The summed E-state index contributed by atoms with van der Waals surface area (Å²) in [6, 6.07) is 14.4. The van der Waals surface area contributed by atoms with Gasteiger partial charge in [-0.2, -0.15) is 5.26 Å². The van der Waals surface area contributed by atoms with Gasteiger partial charge in [0.15, 0.2) is 5.65 Å². The molecule has 1 aliphatic carbocycles. The molecule has 0 bridgehead atoms. The third-order valence-corrected chi connectivity index (χ3v) is 4.28. The molecule has 4 nitrogen and oxygen atoms in total. The second kappa shape index (κ2) is 4.71. The molecule has 0 N–H and O–H groups in total. The van der Waals surface area contributed by atoms with Crippen LogP contribution in [0.4, 0.5) is 0 Å². The van der Waals surface area contributed by atoms with Crippen molar-refractivity contribution < 1.29 is 0 Å². The van der Waals surface area contributed by atoms with Crippen molar-refractivity contribution in [3.05, 3.63) is 65.1 Å². The first-order valence-electron chi connectivity index (χ1n) is 7.17. The number of nitriles is 1. The lowest BCUT2D eigenvalue weighted by Gasteiger charge is -2.23. The van der Waals surface area contributed by atoms with E-state index in [1.54, 1.807) is 6.07 Å². The monoisotopic (exact) mass is 274 g/mol. The summed E-state index contributed by atoms with van der Waals surface area (Å²) in [6.45, 7) is 0. The van der Waals surface area contributed by atoms with Crippen LogP contribution in [-0.2, 0) is 12.8 Å². The molecule has 4 heteroatoms. The molecule has 2 aromatic heterocycles. The third kappa shape index (κ3) is 1.98. The van der Waals surface area contributed by atoms with Gasteiger partial charge >= 0.3 is 0 Å². The van der Waals surface area contributed by atoms with Crippen molar-refractivity contribution in [2.45, 2.75) is 25.2 Å². The summed E-state index contributed by atoms with van der Waals surface area (Å²) in [6.07, 6.45) is 5.10. The van der Waals surface area contributed by atoms with Crippen LogP contribution in [0, 0.1) is 11.3 Å². The van der Waals surface area contributed by atoms with Crippen LogP contribution in [0.5, 0.6) is 0 Å². The second-order valence-corrected chi connectivity index (χ2v) is 5.52. The Labute approximate surface area is 122 Å². The Morgan fingerprint density at radius 2 is 2.00 bits per heavy atom. The summed E-state index contributed by atoms with van der Waals surface area (Å²) in [4.78, 5) is 0. The van der Waals surface area contributed by atoms with Gasteiger partial charge in [0.05, 0.1) is 11.6 Å². The van der Waals surface area contributed by atoms with Crippen LogP contribution in [0.1, 0.15) is 34.9 Å². The molecular weight excluding hydrogens is 260 g/mol. The zero-order valence-electron chi connectivity index (χ0n) is 11.5. The minimum absolute atomic E-state index is 0.392. The molecule has 0 aliphatic heterocycles. The van der Waals surface area contributed by atoms with Crippen LogP contribution in [0.15, 0.2) is 42.6 Å². The number of benzene rings is 1. The molecule has 1 atom stereocenters. The van der Waals surface area contributed by atoms with E-state index in [4.69, 9.17) is 5.26 Å². The van der Waals surface area contributed by atoms with E-state index < -0.39 is 0 Å². The SMILES string of the molecule is N#Cc1ccn2c(C3CCc4ccccc4C3)nnc2c1. The lowest BCUT2D eigenvalue weighted by molar-refractivity contribution is 0.550. The van der Waals surface area contributed by atoms with Crippen LogP contribution in [0.25, 0.3) is 5.65 Å². The molecule has 0 spiro atoms. The van der Waals surface area contributed by atoms with Crippen LogP contribution in [0.2, 0.25) is 0 Å². The molecule has 0 radical (unpaired) electrons. The van der Waals surface area contributed by atoms with E-state index in [0.29, 0.717) is 11.5 Å². The van der Waals surface area contributed by atoms with Gasteiger partial charge < -0.3 is 0 Å². The largest absolute Gasteiger partial charge is 0.286 e. The van der Waals surface area contributed by atoms with Crippen molar-refractivity contribution in [1.29, 1.82) is 5.26 Å². The first-order chi connectivity index (χ1) is 10.3. The van der Waals surface area contributed by atoms with Gasteiger partial charge in [0.1, 0.15) is 5.82 Å². The number of aryl methyl sites for hydroxylation is 1. The molecule has 102 valence electrons. The van der Waals surface area contributed by atoms with Gasteiger partial charge in [-0.15, -0.1) is 10.2 Å². The summed E-state index contributed by atoms with van der Waals surface area (Å²) >= 11 is 0. The molecule has 3 aromatic rings. The van der Waals surface area contributed by atoms with Crippen molar-refractivity contribution in [3.63, 3.8) is 0 Å². The van der Waals surface area contributed by atoms with Gasteiger partial charge in [0, 0.05) is 18.2 Å². The Kier molecular flexibility index (Phi) is 2.71. The number of rotatable bonds is 1. The van der Waals surface area contributed by atoms with E-state index >= 15 is 0 Å². The maximum Gasteiger partial charge on any atom is 0.162 e. The van der Waals surface area contributed by atoms with Gasteiger partial charge in [0.25, 0.3) is 0 Å². The smallest absolute Gasteiger partial charge is 0.162 e. The Hall–Kier alpha value is -2.67. The van der Waals surface area contributed by atoms with Crippen LogP contribution in [0.3, 0.4) is 0 Å². The van der Waals surface area contributed by atoms with Gasteiger partial charge in [-0.25, -0.2) is 0 Å². The van der Waals surface area contributed by atoms with E-state index in [1.165, 1.54) is 11.1 Å². The molecule has 1 unspecified atom stereocenters. The number of fused-ring (bicyclic) bond motifs is 2. The highest BCUT2D eigenvalue weighted by atomic mass is 15.2. The molecule has 2 heterocycles. The average Bonchev–Trinajstić information content (AvgIpc) is 2.97. The summed E-state index contributed by atoms with van der Waals surface area (Å²) in [5.41, 5.74) is 4.24. The molecule has 1 aromatic carbocycles. The van der Waals surface area contributed by atoms with E-state index in [1.807, 2.05) is 16.7 Å². The molecule has 0 amide bonds. The quantitative estimate of drug-likeness (QED) is 0.685. The second-order valence-electron chi connectivity index (χ2n) is 5.52. The fourth-order valence-corrected chi connectivity index (χ4v) is 3.18. The van der Waals surface area contributed by atoms with Crippen molar-refractivity contribution in [2.75, 3.05) is 0 Å². The standard InChI is InChI=1S/C17H14N4/c18-11-12-7-8-21-16(9-12)19-20-17(21)15-6-5-13-3-1-2-4-14(13)10-15/h1-4,7-9,15H,5-6,10H2. The molecule has 0 fully saturated rings. The maximum atomic E-state index is 8.95. The number of pyridine rings is 1. The normalized spacial score (nSPS) is 17.4. The van der Waals surface area contributed by atoms with E-state index in [-0.39, 0.29) is 0 Å². The maximum absolute atomic E-state index is 8.95. The Balaban J connectivity index is 1.74. The zero-order valence-corrected chi connectivity index (χ0v) is 11.5. The minimum Gasteiger partial charge on any atom is -0.286 e. The van der Waals surface area contributed by atoms with E-state index in [0.717, 1.165) is 30.7 Å². The summed E-state index contributed by atoms with van der Waals surface area (Å²) in [7, 11) is 0. The number of aromatic nitrogens is 3. The van der Waals surface area contributed by atoms with E-state index in [9.17, 15) is 0 Å². The zero-order chi connectivity index (χ0) is 14.2. The summed E-state index contributed by atoms with van der Waals surface area (Å²) in [5, 5.41) is 17.5. The highest BCUT2D eigenvalue weighted by Crippen LogP contribution is 2.31. The molecular formula is C17H14N4. The van der Waals surface area contributed by atoms with Gasteiger partial charge in [0.2, 0.25) is 0 Å². The molecule has 0 saturated carbocycles. The van der Waals surface area contributed by atoms with Gasteiger partial charge in [-0.1, -0.05) is 24.3 Å². The first-order valence-corrected chi connectivity index (χ1v) is 7.17. The predicted octanol–water partition coefficient (Wildman–Crippen LogP) is 2.87. The third-order valence-electron chi connectivity index (χ3n) is 4.28. The minimum atomic E-state index is 0.392. The van der Waals surface area contributed by atoms with Crippen molar-refractivity contribution in [1.82, 2.24) is 14.6 Å². The topological polar surface area (TPSA) is 54.0 Å². The average molecular weight is 274 g/mol. The molecule has 0 saturated heterocycles. The Bertz CT molecular complexity index is 857. The Morgan fingerprint density at radius 1 is 1.14 bits per heavy atom. The highest BCUT2D eigenvalue weighted by Gasteiger charge is 2.23. The molecule has 21 heavy (non-hydrogen) atoms. The van der Waals surface area contributed by atoms with E-state index in [2.05, 4.69) is 40.5 Å². The molecule has 1 aliphatic rings. The highest BCUT2D eigenvalue weighted by molar-refractivity contribution is 5.46. The number of hydrogen-bond donors (Lipinski definition) is 0. The fraction of sp³-hybridized carbons (Fsp3) is 0.235. The van der Waals surface area contributed by atoms with Crippen molar-refractivity contribution in [3.8, 4) is 6.07 Å². The van der Waals surface area contributed by atoms with Gasteiger partial charge in [-0.05, 0) is 36.5 Å². The lowest BCUT2D eigenvalue weighted by Crippen LogP contribution is -2.15. The predicted molar refractivity (Wildman–Crippen MR) is 78.9 cm³/mol. The first kappa shape index (κ1) is 12.1. The Morgan fingerprint density at radius 3 is 2.86 bits per heavy atom. The molecule has 4 rings (SSSR count). The van der Waals surface area contributed by atoms with Crippen LogP contribution < -0.4 is 0 Å². The van der Waals surface area contributed by atoms with Crippen molar-refractivity contribution >= 4 is 5.65 Å². The number of nitrogens with zero attached hydrogens (tertiary/aromatic N) is 4. The van der Waals surface area contributed by atoms with Crippen LogP contribution in [-0.4, -0.2) is 14.6 Å². The number of hydrogen-bond acceptors (Lipinski definition) is 3. The fourth-order valence-electron chi connectivity index (χ4n) is 3.18. The van der Waals surface area contributed by atoms with Gasteiger partial charge in [-0.3, -0.25) is 4.40 Å². The summed E-state index contributed by atoms with van der Waals surface area (Å²) < 4.78 is 2.01. The summed E-state index contributed by atoms with van der Waals surface area (Å²) in [5.74, 6) is 1.40.